The number of ether oxygens (including phenoxy) is 4. The fraction of sp³-hybridized carbons (Fsp3) is 0.250. The minimum absolute atomic E-state index is 0.123. The third-order valence-electron chi connectivity index (χ3n) is 3.97. The molecule has 0 saturated heterocycles. The second kappa shape index (κ2) is 9.59. The summed E-state index contributed by atoms with van der Waals surface area (Å²) >= 11 is 0. The standard InChI is InChI=1S/C20H19FN2O7/c1-27-15-8-12(9-16-19(15)29-7-6-28-16)20(26)30-11-18(25)22-10-17(24)23-14-4-2-13(21)3-5-14/h2-5,8-9H,6-7,10-11H2,1H3,(H,22,25)(H,23,24). The van der Waals surface area contributed by atoms with Crippen molar-refractivity contribution in [1.29, 1.82) is 0 Å². The molecule has 0 bridgehead atoms. The van der Waals surface area contributed by atoms with Gasteiger partial charge in [-0.2, -0.15) is 0 Å². The summed E-state index contributed by atoms with van der Waals surface area (Å²) in [5.41, 5.74) is 0.507. The monoisotopic (exact) mass is 418 g/mol. The largest absolute Gasteiger partial charge is 0.493 e. The summed E-state index contributed by atoms with van der Waals surface area (Å²) in [6.45, 7) is -0.232. The second-order valence-corrected chi connectivity index (χ2v) is 6.11. The molecule has 0 aliphatic carbocycles. The third kappa shape index (κ3) is 5.37. The normalized spacial score (nSPS) is 11.9. The van der Waals surface area contributed by atoms with Gasteiger partial charge in [0, 0.05) is 5.69 Å². The molecule has 0 unspecified atom stereocenters. The highest BCUT2D eigenvalue weighted by Crippen LogP contribution is 2.40. The van der Waals surface area contributed by atoms with Crippen LogP contribution < -0.4 is 24.8 Å². The molecule has 2 aromatic carbocycles. The molecule has 30 heavy (non-hydrogen) atoms. The summed E-state index contributed by atoms with van der Waals surface area (Å²) in [6.07, 6.45) is 0. The van der Waals surface area contributed by atoms with Crippen LogP contribution in [0.4, 0.5) is 10.1 Å². The third-order valence-corrected chi connectivity index (χ3v) is 3.97. The minimum Gasteiger partial charge on any atom is -0.493 e. The Labute approximate surface area is 171 Å². The molecule has 2 aromatic rings. The number of hydrogen-bond donors (Lipinski definition) is 2. The van der Waals surface area contributed by atoms with Crippen molar-refractivity contribution < 1.29 is 37.7 Å². The van der Waals surface area contributed by atoms with Crippen LogP contribution in [-0.2, 0) is 14.3 Å². The zero-order valence-corrected chi connectivity index (χ0v) is 16.0. The van der Waals surface area contributed by atoms with Crippen LogP contribution in [0.1, 0.15) is 10.4 Å². The van der Waals surface area contributed by atoms with Gasteiger partial charge in [-0.3, -0.25) is 9.59 Å². The Bertz CT molecular complexity index is 930. The highest BCUT2D eigenvalue weighted by Gasteiger charge is 2.22. The van der Waals surface area contributed by atoms with Gasteiger partial charge in [-0.05, 0) is 36.4 Å². The molecule has 1 heterocycles. The predicted octanol–water partition coefficient (Wildman–Crippen LogP) is 1.52. The zero-order valence-electron chi connectivity index (χ0n) is 16.0. The minimum atomic E-state index is -0.767. The first-order valence-corrected chi connectivity index (χ1v) is 8.93. The molecule has 0 aromatic heterocycles. The molecule has 10 heteroatoms. The number of rotatable bonds is 7. The lowest BCUT2D eigenvalue weighted by Crippen LogP contribution is -2.35. The van der Waals surface area contributed by atoms with Crippen LogP contribution in [-0.4, -0.2) is 51.3 Å². The molecule has 9 nitrogen and oxygen atoms in total. The highest BCUT2D eigenvalue weighted by molar-refractivity contribution is 5.96. The van der Waals surface area contributed by atoms with Crippen molar-refractivity contribution in [3.05, 3.63) is 47.8 Å². The fourth-order valence-electron chi connectivity index (χ4n) is 2.57. The first kappa shape index (κ1) is 20.9. The number of hydrogen-bond acceptors (Lipinski definition) is 7. The van der Waals surface area contributed by atoms with Crippen LogP contribution >= 0.6 is 0 Å². The van der Waals surface area contributed by atoms with Crippen LogP contribution in [0.5, 0.6) is 17.2 Å². The molecule has 2 amide bonds. The fourth-order valence-corrected chi connectivity index (χ4v) is 2.57. The summed E-state index contributed by atoms with van der Waals surface area (Å²) in [7, 11) is 1.42. The summed E-state index contributed by atoms with van der Waals surface area (Å²) in [5, 5.41) is 4.81. The van der Waals surface area contributed by atoms with E-state index in [-0.39, 0.29) is 12.1 Å². The van der Waals surface area contributed by atoms with Gasteiger partial charge < -0.3 is 29.6 Å². The molecule has 158 valence electrons. The van der Waals surface area contributed by atoms with Gasteiger partial charge in [0.05, 0.1) is 19.2 Å². The molecular formula is C20H19FN2O7. The van der Waals surface area contributed by atoms with E-state index in [0.717, 1.165) is 0 Å². The van der Waals surface area contributed by atoms with E-state index >= 15 is 0 Å². The highest BCUT2D eigenvalue weighted by atomic mass is 19.1. The van der Waals surface area contributed by atoms with Gasteiger partial charge >= 0.3 is 5.97 Å². The van der Waals surface area contributed by atoms with E-state index in [4.69, 9.17) is 18.9 Å². The van der Waals surface area contributed by atoms with Gasteiger partial charge in [0.25, 0.3) is 5.91 Å². The smallest absolute Gasteiger partial charge is 0.338 e. The molecule has 1 aliphatic heterocycles. The van der Waals surface area contributed by atoms with E-state index in [1.807, 2.05) is 0 Å². The molecule has 0 atom stereocenters. The average Bonchev–Trinajstić information content (AvgIpc) is 2.76. The number of halogens is 1. The molecule has 3 rings (SSSR count). The van der Waals surface area contributed by atoms with E-state index in [9.17, 15) is 18.8 Å². The summed E-state index contributed by atoms with van der Waals surface area (Å²) in [6, 6.07) is 8.02. The molecule has 0 radical (unpaired) electrons. The second-order valence-electron chi connectivity index (χ2n) is 6.11. The topological polar surface area (TPSA) is 112 Å². The number of nitrogens with one attached hydrogen (secondary N) is 2. The first-order valence-electron chi connectivity index (χ1n) is 8.93. The molecule has 0 saturated carbocycles. The number of amides is 2. The van der Waals surface area contributed by atoms with Gasteiger partial charge in [0.1, 0.15) is 19.0 Å². The number of benzene rings is 2. The predicted molar refractivity (Wildman–Crippen MR) is 102 cm³/mol. The van der Waals surface area contributed by atoms with Gasteiger partial charge in [0.15, 0.2) is 18.1 Å². The molecule has 1 aliphatic rings. The quantitative estimate of drug-likeness (QED) is 0.656. The summed E-state index contributed by atoms with van der Waals surface area (Å²) < 4.78 is 33.9. The molecule has 0 fully saturated rings. The van der Waals surface area contributed by atoms with Crippen molar-refractivity contribution in [3.63, 3.8) is 0 Å². The Morgan fingerprint density at radius 1 is 1.07 bits per heavy atom. The molecule has 2 N–H and O–H groups in total. The maximum atomic E-state index is 12.8. The maximum Gasteiger partial charge on any atom is 0.338 e. The van der Waals surface area contributed by atoms with E-state index in [1.165, 1.54) is 43.5 Å². The van der Waals surface area contributed by atoms with Crippen LogP contribution in [0.3, 0.4) is 0 Å². The lowest BCUT2D eigenvalue weighted by atomic mass is 10.1. The average molecular weight is 418 g/mol. The van der Waals surface area contributed by atoms with Crippen molar-refractivity contribution in [2.45, 2.75) is 0 Å². The summed E-state index contributed by atoms with van der Waals surface area (Å²) in [5.74, 6) is -1.34. The van der Waals surface area contributed by atoms with Gasteiger partial charge in [0.2, 0.25) is 11.7 Å². The van der Waals surface area contributed by atoms with Crippen molar-refractivity contribution >= 4 is 23.5 Å². The SMILES string of the molecule is COc1cc(C(=O)OCC(=O)NCC(=O)Nc2ccc(F)cc2)cc2c1OCCO2. The lowest BCUT2D eigenvalue weighted by molar-refractivity contribution is -0.126. The van der Waals surface area contributed by atoms with Crippen LogP contribution in [0.25, 0.3) is 0 Å². The number of methoxy groups -OCH3 is 1. The van der Waals surface area contributed by atoms with Crippen molar-refractivity contribution in [3.8, 4) is 17.2 Å². The summed E-state index contributed by atoms with van der Waals surface area (Å²) in [4.78, 5) is 35.9. The molecule has 0 spiro atoms. The Morgan fingerprint density at radius 2 is 1.80 bits per heavy atom. The van der Waals surface area contributed by atoms with Gasteiger partial charge in [-0.1, -0.05) is 0 Å². The van der Waals surface area contributed by atoms with E-state index in [1.54, 1.807) is 0 Å². The van der Waals surface area contributed by atoms with E-state index in [2.05, 4.69) is 10.6 Å². The first-order chi connectivity index (χ1) is 14.5. The number of esters is 1. The van der Waals surface area contributed by atoms with Crippen LogP contribution in [0.15, 0.2) is 36.4 Å². The van der Waals surface area contributed by atoms with Crippen molar-refractivity contribution in [2.75, 3.05) is 38.8 Å². The Hall–Kier alpha value is -3.82. The number of anilines is 1. The Morgan fingerprint density at radius 3 is 2.53 bits per heavy atom. The maximum absolute atomic E-state index is 12.8. The van der Waals surface area contributed by atoms with Crippen molar-refractivity contribution in [2.24, 2.45) is 0 Å². The number of carbonyl (C=O) groups excluding carboxylic acids is 3. The van der Waals surface area contributed by atoms with Crippen molar-refractivity contribution in [1.82, 2.24) is 5.32 Å². The number of fused-ring (bicyclic) bond motifs is 1. The lowest BCUT2D eigenvalue weighted by Gasteiger charge is -2.21. The van der Waals surface area contributed by atoms with E-state index < -0.39 is 30.2 Å². The Kier molecular flexibility index (Phi) is 6.68. The van der Waals surface area contributed by atoms with E-state index in [0.29, 0.717) is 36.1 Å². The molecular weight excluding hydrogens is 399 g/mol. The number of carbonyl (C=O) groups is 3. The van der Waals surface area contributed by atoms with Crippen LogP contribution in [0.2, 0.25) is 0 Å². The van der Waals surface area contributed by atoms with Crippen LogP contribution in [0, 0.1) is 5.82 Å². The van der Waals surface area contributed by atoms with Gasteiger partial charge in [-0.15, -0.1) is 0 Å². The Balaban J connectivity index is 1.48. The van der Waals surface area contributed by atoms with Gasteiger partial charge in [-0.25, -0.2) is 9.18 Å². The zero-order chi connectivity index (χ0) is 21.5.